The molecule has 1 aromatic rings. The van der Waals surface area contributed by atoms with Crippen LogP contribution in [0.5, 0.6) is 5.75 Å². The van der Waals surface area contributed by atoms with E-state index in [0.29, 0.717) is 18.8 Å². The molecule has 0 amide bonds. The van der Waals surface area contributed by atoms with Crippen LogP contribution < -0.4 is 4.74 Å². The Hall–Kier alpha value is -1.51. The van der Waals surface area contributed by atoms with Crippen molar-refractivity contribution in [3.8, 4) is 5.75 Å². The van der Waals surface area contributed by atoms with E-state index in [-0.39, 0.29) is 5.97 Å². The fraction of sp³-hybridized carbons (Fsp3) is 0.588. The summed E-state index contributed by atoms with van der Waals surface area (Å²) in [5.41, 5.74) is 2.71. The van der Waals surface area contributed by atoms with Crippen LogP contribution in [0.3, 0.4) is 0 Å². The van der Waals surface area contributed by atoms with Crippen LogP contribution in [-0.4, -0.2) is 19.2 Å². The van der Waals surface area contributed by atoms with E-state index in [1.165, 1.54) is 19.3 Å². The summed E-state index contributed by atoms with van der Waals surface area (Å²) in [6.07, 6.45) is 4.70. The largest absolute Gasteiger partial charge is 0.493 e. The Morgan fingerprint density at radius 3 is 2.50 bits per heavy atom. The monoisotopic (exact) mass is 278 g/mol. The summed E-state index contributed by atoms with van der Waals surface area (Å²) in [5, 5.41) is 0. The van der Waals surface area contributed by atoms with Gasteiger partial charge in [0.05, 0.1) is 18.8 Å². The summed E-state index contributed by atoms with van der Waals surface area (Å²) in [5.74, 6) is 0.510. The average Bonchev–Trinajstić information content (AvgIpc) is 2.43. The molecule has 0 atom stereocenters. The van der Waals surface area contributed by atoms with Crippen molar-refractivity contribution >= 4 is 5.97 Å². The molecule has 0 aliphatic heterocycles. The molecular weight excluding hydrogens is 252 g/mol. The molecule has 3 heteroatoms. The number of aryl methyl sites for hydroxylation is 1. The van der Waals surface area contributed by atoms with Gasteiger partial charge in [-0.25, -0.2) is 4.79 Å². The van der Waals surface area contributed by atoms with Gasteiger partial charge in [-0.15, -0.1) is 0 Å². The number of rotatable bonds is 8. The molecule has 112 valence electrons. The molecule has 0 radical (unpaired) electrons. The van der Waals surface area contributed by atoms with Crippen molar-refractivity contribution in [3.63, 3.8) is 0 Å². The van der Waals surface area contributed by atoms with Gasteiger partial charge in [0, 0.05) is 0 Å². The van der Waals surface area contributed by atoms with E-state index in [1.807, 2.05) is 26.8 Å². The first-order valence-corrected chi connectivity index (χ1v) is 7.51. The minimum Gasteiger partial charge on any atom is -0.493 e. The lowest BCUT2D eigenvalue weighted by atomic mass is 10.0. The lowest BCUT2D eigenvalue weighted by molar-refractivity contribution is 0.0525. The molecule has 0 saturated carbocycles. The molecule has 1 aromatic carbocycles. The molecule has 3 nitrogen and oxygen atoms in total. The van der Waals surface area contributed by atoms with Gasteiger partial charge in [-0.3, -0.25) is 0 Å². The fourth-order valence-electron chi connectivity index (χ4n) is 2.02. The third-order valence-corrected chi connectivity index (χ3v) is 3.39. The van der Waals surface area contributed by atoms with Gasteiger partial charge in [0.2, 0.25) is 0 Å². The summed E-state index contributed by atoms with van der Waals surface area (Å²) >= 11 is 0. The number of unbranched alkanes of at least 4 members (excludes halogenated alkanes) is 3. The van der Waals surface area contributed by atoms with E-state index in [1.54, 1.807) is 6.07 Å². The van der Waals surface area contributed by atoms with Gasteiger partial charge < -0.3 is 9.47 Å². The molecule has 0 aliphatic carbocycles. The van der Waals surface area contributed by atoms with Gasteiger partial charge in [-0.1, -0.05) is 26.2 Å². The molecule has 0 aromatic heterocycles. The molecule has 0 unspecified atom stereocenters. The van der Waals surface area contributed by atoms with Crippen molar-refractivity contribution in [1.82, 2.24) is 0 Å². The van der Waals surface area contributed by atoms with E-state index in [0.717, 1.165) is 23.3 Å². The van der Waals surface area contributed by atoms with Gasteiger partial charge in [0.25, 0.3) is 0 Å². The highest BCUT2D eigenvalue weighted by Gasteiger charge is 2.12. The first kappa shape index (κ1) is 16.5. The van der Waals surface area contributed by atoms with E-state index >= 15 is 0 Å². The highest BCUT2D eigenvalue weighted by atomic mass is 16.5. The molecule has 0 bridgehead atoms. The highest BCUT2D eigenvalue weighted by molar-refractivity contribution is 5.90. The van der Waals surface area contributed by atoms with E-state index in [9.17, 15) is 4.79 Å². The summed E-state index contributed by atoms with van der Waals surface area (Å²) in [6, 6.07) is 3.65. The topological polar surface area (TPSA) is 35.5 Å². The summed E-state index contributed by atoms with van der Waals surface area (Å²) in [4.78, 5) is 11.8. The Morgan fingerprint density at radius 2 is 1.85 bits per heavy atom. The molecule has 0 N–H and O–H groups in total. The zero-order valence-electron chi connectivity index (χ0n) is 13.1. The quantitative estimate of drug-likeness (QED) is 0.521. The van der Waals surface area contributed by atoms with Crippen LogP contribution in [0, 0.1) is 13.8 Å². The Morgan fingerprint density at radius 1 is 1.10 bits per heavy atom. The van der Waals surface area contributed by atoms with Gasteiger partial charge in [0.15, 0.2) is 0 Å². The fourth-order valence-corrected chi connectivity index (χ4v) is 2.02. The maximum Gasteiger partial charge on any atom is 0.338 e. The Bertz CT molecular complexity index is 438. The number of hydrogen-bond acceptors (Lipinski definition) is 3. The van der Waals surface area contributed by atoms with Crippen LogP contribution in [0.4, 0.5) is 0 Å². The predicted molar refractivity (Wildman–Crippen MR) is 81.5 cm³/mol. The summed E-state index contributed by atoms with van der Waals surface area (Å²) in [6.45, 7) is 9.10. The normalized spacial score (nSPS) is 10.4. The van der Waals surface area contributed by atoms with Gasteiger partial charge in [-0.05, 0) is 50.5 Å². The van der Waals surface area contributed by atoms with Crippen LogP contribution >= 0.6 is 0 Å². The van der Waals surface area contributed by atoms with Crippen molar-refractivity contribution in [2.75, 3.05) is 13.2 Å². The lowest BCUT2D eigenvalue weighted by Gasteiger charge is -2.13. The standard InChI is InChI=1S/C17H26O3/c1-5-7-8-9-10-20-16-12-15(17(18)19-6-2)11-13(3)14(16)4/h11-12H,5-10H2,1-4H3. The Balaban J connectivity index is 2.71. The van der Waals surface area contributed by atoms with E-state index < -0.39 is 0 Å². The third-order valence-electron chi connectivity index (χ3n) is 3.39. The maximum atomic E-state index is 11.8. The molecule has 0 spiro atoms. The Kier molecular flexibility index (Phi) is 7.13. The third kappa shape index (κ3) is 4.87. The smallest absolute Gasteiger partial charge is 0.338 e. The first-order valence-electron chi connectivity index (χ1n) is 7.51. The SMILES string of the molecule is CCCCCCOc1cc(C(=O)OCC)cc(C)c1C. The molecular formula is C17H26O3. The van der Waals surface area contributed by atoms with Gasteiger partial charge in [-0.2, -0.15) is 0 Å². The number of hydrogen-bond donors (Lipinski definition) is 0. The Labute approximate surface area is 122 Å². The average molecular weight is 278 g/mol. The van der Waals surface area contributed by atoms with Gasteiger partial charge >= 0.3 is 5.97 Å². The van der Waals surface area contributed by atoms with Crippen molar-refractivity contribution in [1.29, 1.82) is 0 Å². The number of ether oxygens (including phenoxy) is 2. The van der Waals surface area contributed by atoms with Gasteiger partial charge in [0.1, 0.15) is 5.75 Å². The zero-order valence-corrected chi connectivity index (χ0v) is 13.1. The maximum absolute atomic E-state index is 11.8. The predicted octanol–water partition coefficient (Wildman–Crippen LogP) is 4.44. The summed E-state index contributed by atoms with van der Waals surface area (Å²) in [7, 11) is 0. The second kappa shape index (κ2) is 8.62. The first-order chi connectivity index (χ1) is 9.60. The van der Waals surface area contributed by atoms with Crippen LogP contribution in [0.2, 0.25) is 0 Å². The summed E-state index contributed by atoms with van der Waals surface area (Å²) < 4.78 is 10.9. The van der Waals surface area contributed by atoms with Crippen molar-refractivity contribution in [2.24, 2.45) is 0 Å². The molecule has 0 aliphatic rings. The van der Waals surface area contributed by atoms with Crippen LogP contribution in [-0.2, 0) is 4.74 Å². The van der Waals surface area contributed by atoms with Crippen LogP contribution in [0.25, 0.3) is 0 Å². The molecule has 0 heterocycles. The minimum atomic E-state index is -0.286. The van der Waals surface area contributed by atoms with Crippen molar-refractivity contribution in [3.05, 3.63) is 28.8 Å². The second-order valence-corrected chi connectivity index (χ2v) is 5.05. The molecule has 0 saturated heterocycles. The molecule has 1 rings (SSSR count). The number of esters is 1. The number of carbonyl (C=O) groups excluding carboxylic acids is 1. The van der Waals surface area contributed by atoms with Crippen LogP contribution in [0.1, 0.15) is 61.0 Å². The van der Waals surface area contributed by atoms with E-state index in [4.69, 9.17) is 9.47 Å². The second-order valence-electron chi connectivity index (χ2n) is 5.05. The van der Waals surface area contributed by atoms with Crippen LogP contribution in [0.15, 0.2) is 12.1 Å². The number of benzene rings is 1. The molecule has 20 heavy (non-hydrogen) atoms. The lowest BCUT2D eigenvalue weighted by Crippen LogP contribution is -2.07. The van der Waals surface area contributed by atoms with Crippen molar-refractivity contribution in [2.45, 2.75) is 53.4 Å². The van der Waals surface area contributed by atoms with Crippen molar-refractivity contribution < 1.29 is 14.3 Å². The van der Waals surface area contributed by atoms with E-state index in [2.05, 4.69) is 6.92 Å². The highest BCUT2D eigenvalue weighted by Crippen LogP contribution is 2.24. The zero-order chi connectivity index (χ0) is 15.0. The molecule has 0 fully saturated rings. The minimum absolute atomic E-state index is 0.286. The number of carbonyl (C=O) groups is 1.